The molecule has 0 bridgehead atoms. The molecule has 1 atom stereocenters. The lowest BCUT2D eigenvalue weighted by Crippen LogP contribution is -2.46. The molecule has 0 aliphatic carbocycles. The number of fused-ring (bicyclic) bond motifs is 1. The van der Waals surface area contributed by atoms with Crippen molar-refractivity contribution in [3.05, 3.63) is 29.5 Å². The fraction of sp³-hybridized carbons (Fsp3) is 0.500. The number of aliphatic carboxylic acids is 1. The van der Waals surface area contributed by atoms with Crippen molar-refractivity contribution in [2.75, 3.05) is 26.8 Å². The summed E-state index contributed by atoms with van der Waals surface area (Å²) in [5.74, 6) is -0.301. The molecule has 7 heteroatoms. The largest absolute Gasteiger partial charge is 0.497 e. The number of carboxylic acid groups (broad SMARTS) is 1. The van der Waals surface area contributed by atoms with Gasteiger partial charge in [-0.2, -0.15) is 0 Å². The summed E-state index contributed by atoms with van der Waals surface area (Å²) in [6.07, 6.45) is 0.385. The summed E-state index contributed by atoms with van der Waals surface area (Å²) in [5, 5.41) is 9.88. The third-order valence-corrected chi connectivity index (χ3v) is 5.02. The Hall–Kier alpha value is -2.54. The molecule has 0 spiro atoms. The Morgan fingerprint density at radius 3 is 2.81 bits per heavy atom. The number of carbonyl (C=O) groups excluding carboxylic acids is 1. The summed E-state index contributed by atoms with van der Waals surface area (Å²) < 4.78 is 13.0. The zero-order chi connectivity index (χ0) is 19.6. The van der Waals surface area contributed by atoms with Crippen LogP contribution in [0.2, 0.25) is 0 Å². The minimum atomic E-state index is -0.922. The lowest BCUT2D eigenvalue weighted by molar-refractivity contribution is -0.141. The molecule has 1 amide bonds. The maximum absolute atomic E-state index is 13.4. The van der Waals surface area contributed by atoms with E-state index >= 15 is 0 Å². The van der Waals surface area contributed by atoms with Crippen molar-refractivity contribution in [3.63, 3.8) is 0 Å². The van der Waals surface area contributed by atoms with Gasteiger partial charge in [-0.1, -0.05) is 6.92 Å². The number of carbonyl (C=O) groups is 2. The van der Waals surface area contributed by atoms with Crippen LogP contribution in [0.15, 0.2) is 18.2 Å². The third kappa shape index (κ3) is 3.78. The van der Waals surface area contributed by atoms with E-state index in [4.69, 9.17) is 14.6 Å². The number of hydrogen-bond donors (Lipinski definition) is 1. The van der Waals surface area contributed by atoms with Gasteiger partial charge in [-0.25, -0.2) is 0 Å². The minimum absolute atomic E-state index is 0.0840. The molecule has 1 fully saturated rings. The third-order valence-electron chi connectivity index (χ3n) is 5.02. The van der Waals surface area contributed by atoms with E-state index in [1.54, 1.807) is 12.0 Å². The van der Waals surface area contributed by atoms with Gasteiger partial charge in [0.1, 0.15) is 5.75 Å². The maximum atomic E-state index is 13.4. The minimum Gasteiger partial charge on any atom is -0.497 e. The van der Waals surface area contributed by atoms with E-state index in [1.165, 1.54) is 0 Å². The van der Waals surface area contributed by atoms with Gasteiger partial charge in [0, 0.05) is 36.2 Å². The van der Waals surface area contributed by atoms with E-state index in [2.05, 4.69) is 11.5 Å². The van der Waals surface area contributed by atoms with Crippen LogP contribution in [0.1, 0.15) is 35.8 Å². The van der Waals surface area contributed by atoms with Crippen LogP contribution in [0.4, 0.5) is 0 Å². The average Bonchev–Trinajstić information content (AvgIpc) is 2.92. The number of rotatable bonds is 6. The molecule has 7 nitrogen and oxygen atoms in total. The van der Waals surface area contributed by atoms with Crippen LogP contribution in [0.5, 0.6) is 5.75 Å². The zero-order valence-electron chi connectivity index (χ0n) is 16.0. The van der Waals surface area contributed by atoms with E-state index in [-0.39, 0.29) is 18.9 Å². The molecule has 1 aliphatic rings. The van der Waals surface area contributed by atoms with Crippen molar-refractivity contribution in [1.29, 1.82) is 0 Å². The molecular weight excluding hydrogens is 348 g/mol. The highest BCUT2D eigenvalue weighted by Gasteiger charge is 2.30. The first kappa shape index (κ1) is 19.2. The van der Waals surface area contributed by atoms with Gasteiger partial charge < -0.3 is 24.0 Å². The molecule has 0 saturated carbocycles. The van der Waals surface area contributed by atoms with Crippen LogP contribution in [-0.2, 0) is 16.1 Å². The smallest absolute Gasteiger partial charge is 0.306 e. The van der Waals surface area contributed by atoms with E-state index < -0.39 is 12.1 Å². The molecule has 1 N–H and O–H groups in total. The first-order valence-corrected chi connectivity index (χ1v) is 9.25. The number of aryl methyl sites for hydroxylation is 1. The molecule has 27 heavy (non-hydrogen) atoms. The summed E-state index contributed by atoms with van der Waals surface area (Å²) >= 11 is 0. The van der Waals surface area contributed by atoms with Crippen molar-refractivity contribution in [1.82, 2.24) is 9.47 Å². The molecule has 146 valence electrons. The number of nitrogens with zero attached hydrogens (tertiary/aromatic N) is 2. The second kappa shape index (κ2) is 8.00. The second-order valence-corrected chi connectivity index (χ2v) is 6.84. The Morgan fingerprint density at radius 1 is 1.37 bits per heavy atom. The first-order valence-electron chi connectivity index (χ1n) is 9.25. The summed E-state index contributed by atoms with van der Waals surface area (Å²) in [5.41, 5.74) is 2.59. The average molecular weight is 374 g/mol. The Bertz CT molecular complexity index is 858. The normalized spacial score (nSPS) is 17.3. The van der Waals surface area contributed by atoms with Crippen molar-refractivity contribution in [2.24, 2.45) is 0 Å². The van der Waals surface area contributed by atoms with Gasteiger partial charge in [0.05, 0.1) is 31.8 Å². The zero-order valence-corrected chi connectivity index (χ0v) is 16.0. The molecule has 1 aromatic carbocycles. The van der Waals surface area contributed by atoms with Gasteiger partial charge in [0.15, 0.2) is 0 Å². The van der Waals surface area contributed by atoms with Crippen LogP contribution in [0, 0.1) is 6.92 Å². The number of carboxylic acids is 1. The topological polar surface area (TPSA) is 81.0 Å². The Morgan fingerprint density at radius 2 is 2.15 bits per heavy atom. The van der Waals surface area contributed by atoms with Crippen LogP contribution >= 0.6 is 0 Å². The molecule has 0 radical (unpaired) electrons. The van der Waals surface area contributed by atoms with E-state index in [0.29, 0.717) is 24.5 Å². The highest BCUT2D eigenvalue weighted by Crippen LogP contribution is 2.31. The van der Waals surface area contributed by atoms with Gasteiger partial charge in [0.25, 0.3) is 5.91 Å². The molecule has 1 unspecified atom stereocenters. The number of benzene rings is 1. The fourth-order valence-electron chi connectivity index (χ4n) is 3.75. The first-order chi connectivity index (χ1) is 13.0. The van der Waals surface area contributed by atoms with Gasteiger partial charge in [0.2, 0.25) is 0 Å². The summed E-state index contributed by atoms with van der Waals surface area (Å²) in [4.78, 5) is 26.0. The van der Waals surface area contributed by atoms with Gasteiger partial charge in [-0.15, -0.1) is 0 Å². The number of aromatic nitrogens is 1. The Kier molecular flexibility index (Phi) is 5.70. The molecule has 1 aromatic heterocycles. The van der Waals surface area contributed by atoms with E-state index in [1.807, 2.05) is 25.1 Å². The highest BCUT2D eigenvalue weighted by molar-refractivity contribution is 6.08. The van der Waals surface area contributed by atoms with Crippen molar-refractivity contribution in [2.45, 2.75) is 39.3 Å². The molecule has 1 aliphatic heterocycles. The second-order valence-electron chi connectivity index (χ2n) is 6.84. The molecular formula is C20H26N2O5. The van der Waals surface area contributed by atoms with Crippen LogP contribution < -0.4 is 4.74 Å². The Balaban J connectivity index is 2.00. The maximum Gasteiger partial charge on any atom is 0.306 e. The summed E-state index contributed by atoms with van der Waals surface area (Å²) in [6.45, 7) is 5.99. The van der Waals surface area contributed by atoms with E-state index in [0.717, 1.165) is 29.6 Å². The monoisotopic (exact) mass is 374 g/mol. The summed E-state index contributed by atoms with van der Waals surface area (Å²) in [6, 6.07) is 5.79. The predicted molar refractivity (Wildman–Crippen MR) is 101 cm³/mol. The van der Waals surface area contributed by atoms with Crippen LogP contribution in [0.25, 0.3) is 10.9 Å². The number of amides is 1. The number of methoxy groups -OCH3 is 1. The number of morpholine rings is 1. The molecule has 2 heterocycles. The van der Waals surface area contributed by atoms with Gasteiger partial charge in [-0.05, 0) is 31.5 Å². The fourth-order valence-corrected chi connectivity index (χ4v) is 3.75. The SMILES string of the molecule is CCCn1c(C)c(C(=O)N2CCOC(CC(=O)O)C2)c2cc(OC)ccc21. The van der Waals surface area contributed by atoms with Crippen LogP contribution in [-0.4, -0.2) is 59.4 Å². The Labute approximate surface area is 158 Å². The van der Waals surface area contributed by atoms with Gasteiger partial charge in [-0.3, -0.25) is 9.59 Å². The quantitative estimate of drug-likeness (QED) is 0.841. The lowest BCUT2D eigenvalue weighted by atomic mass is 10.1. The predicted octanol–water partition coefficient (Wildman–Crippen LogP) is 2.68. The van der Waals surface area contributed by atoms with Gasteiger partial charge >= 0.3 is 5.97 Å². The molecule has 3 rings (SSSR count). The van der Waals surface area contributed by atoms with Crippen LogP contribution in [0.3, 0.4) is 0 Å². The van der Waals surface area contributed by atoms with E-state index in [9.17, 15) is 9.59 Å². The number of ether oxygens (including phenoxy) is 2. The molecule has 2 aromatic rings. The molecule has 1 saturated heterocycles. The van der Waals surface area contributed by atoms with Crippen molar-refractivity contribution < 1.29 is 24.2 Å². The highest BCUT2D eigenvalue weighted by atomic mass is 16.5. The van der Waals surface area contributed by atoms with Crippen molar-refractivity contribution in [3.8, 4) is 5.75 Å². The standard InChI is InChI=1S/C20H26N2O5/c1-4-7-22-13(2)19(16-10-14(26-3)5-6-17(16)22)20(25)21-8-9-27-15(12-21)11-18(23)24/h5-6,10,15H,4,7-9,11-12H2,1-3H3,(H,23,24). The lowest BCUT2D eigenvalue weighted by Gasteiger charge is -2.32. The summed E-state index contributed by atoms with van der Waals surface area (Å²) in [7, 11) is 1.61. The van der Waals surface area contributed by atoms with Crippen molar-refractivity contribution >= 4 is 22.8 Å². The number of hydrogen-bond acceptors (Lipinski definition) is 4.